The first-order valence-corrected chi connectivity index (χ1v) is 9.26. The highest BCUT2D eigenvalue weighted by Gasteiger charge is 2.55. The second-order valence-corrected chi connectivity index (χ2v) is 6.62. The lowest BCUT2D eigenvalue weighted by Gasteiger charge is -2.22. The van der Waals surface area contributed by atoms with Crippen molar-refractivity contribution in [3.63, 3.8) is 0 Å². The lowest BCUT2D eigenvalue weighted by molar-refractivity contribution is -0.133. The molecule has 0 radical (unpaired) electrons. The largest absolute Gasteiger partial charge is 0.510 e. The number of fused-ring (bicyclic) bond motifs is 2. The summed E-state index contributed by atoms with van der Waals surface area (Å²) in [4.78, 5) is 26.8. The molecule has 0 spiro atoms. The van der Waals surface area contributed by atoms with Crippen LogP contribution in [0.4, 0.5) is 10.5 Å². The lowest BCUT2D eigenvalue weighted by Crippen LogP contribution is -2.42. The minimum Gasteiger partial charge on any atom is -0.435 e. The van der Waals surface area contributed by atoms with Crippen molar-refractivity contribution in [1.29, 1.82) is 5.26 Å². The molecule has 1 heterocycles. The number of rotatable bonds is 4. The van der Waals surface area contributed by atoms with Crippen LogP contribution in [-0.2, 0) is 26.4 Å². The summed E-state index contributed by atoms with van der Waals surface area (Å²) in [6.07, 6.45) is -1.05. The van der Waals surface area contributed by atoms with Gasteiger partial charge in [-0.2, -0.15) is 5.26 Å². The van der Waals surface area contributed by atoms with Gasteiger partial charge in [0, 0.05) is 5.56 Å². The van der Waals surface area contributed by atoms with Crippen molar-refractivity contribution in [2.75, 3.05) is 11.5 Å². The average Bonchev–Trinajstić information content (AvgIpc) is 2.97. The van der Waals surface area contributed by atoms with Gasteiger partial charge in [-0.25, -0.2) is 4.79 Å². The van der Waals surface area contributed by atoms with Crippen LogP contribution in [0.25, 0.3) is 10.8 Å². The van der Waals surface area contributed by atoms with Crippen LogP contribution < -0.4 is 4.90 Å². The van der Waals surface area contributed by atoms with Gasteiger partial charge in [0.2, 0.25) is 0 Å². The van der Waals surface area contributed by atoms with E-state index >= 15 is 0 Å². The molecule has 0 N–H and O–H groups in total. The smallest absolute Gasteiger partial charge is 0.435 e. The SMILES string of the molecule is CCOC(=O)OC1(C#N)C(=O)N(Cc2cccc3ccccc23)c2ccccc21. The second-order valence-electron chi connectivity index (χ2n) is 6.62. The Morgan fingerprint density at radius 1 is 1.07 bits per heavy atom. The molecule has 1 atom stereocenters. The van der Waals surface area contributed by atoms with Crippen LogP contribution in [0.1, 0.15) is 18.1 Å². The molecule has 144 valence electrons. The van der Waals surface area contributed by atoms with Crippen LogP contribution in [0, 0.1) is 11.3 Å². The Kier molecular flexibility index (Phi) is 4.65. The number of benzene rings is 3. The molecular weight excluding hydrogens is 368 g/mol. The van der Waals surface area contributed by atoms with Gasteiger partial charge in [-0.05, 0) is 29.3 Å². The third-order valence-electron chi connectivity index (χ3n) is 4.98. The molecule has 0 saturated carbocycles. The fourth-order valence-corrected chi connectivity index (χ4v) is 3.68. The Hall–Kier alpha value is -3.85. The molecule has 6 heteroatoms. The van der Waals surface area contributed by atoms with E-state index in [1.807, 2.05) is 48.5 Å². The maximum Gasteiger partial charge on any atom is 0.510 e. The van der Waals surface area contributed by atoms with E-state index in [2.05, 4.69) is 0 Å². The van der Waals surface area contributed by atoms with Crippen molar-refractivity contribution < 1.29 is 19.1 Å². The highest BCUT2D eigenvalue weighted by atomic mass is 16.7. The van der Waals surface area contributed by atoms with E-state index in [4.69, 9.17) is 9.47 Å². The van der Waals surface area contributed by atoms with Crippen molar-refractivity contribution in [2.45, 2.75) is 19.1 Å². The van der Waals surface area contributed by atoms with E-state index in [9.17, 15) is 14.9 Å². The van der Waals surface area contributed by atoms with E-state index in [-0.39, 0.29) is 13.2 Å². The Morgan fingerprint density at radius 3 is 2.59 bits per heavy atom. The number of nitriles is 1. The van der Waals surface area contributed by atoms with E-state index in [0.29, 0.717) is 11.3 Å². The number of nitrogens with zero attached hydrogens (tertiary/aromatic N) is 2. The maximum atomic E-state index is 13.4. The number of para-hydroxylation sites is 1. The van der Waals surface area contributed by atoms with Gasteiger partial charge in [0.1, 0.15) is 6.07 Å². The number of amides is 1. The summed E-state index contributed by atoms with van der Waals surface area (Å²) < 4.78 is 10.1. The van der Waals surface area contributed by atoms with Gasteiger partial charge in [-0.3, -0.25) is 4.79 Å². The molecule has 4 rings (SSSR count). The zero-order valence-corrected chi connectivity index (χ0v) is 15.8. The summed E-state index contributed by atoms with van der Waals surface area (Å²) >= 11 is 0. The fraction of sp³-hybridized carbons (Fsp3) is 0.174. The zero-order chi connectivity index (χ0) is 20.4. The van der Waals surface area contributed by atoms with Gasteiger partial charge in [0.05, 0.1) is 18.8 Å². The van der Waals surface area contributed by atoms with Crippen molar-refractivity contribution in [3.05, 3.63) is 77.9 Å². The Bertz CT molecular complexity index is 1150. The summed E-state index contributed by atoms with van der Waals surface area (Å²) in [6, 6.07) is 22.5. The summed E-state index contributed by atoms with van der Waals surface area (Å²) in [5.74, 6) is -0.609. The van der Waals surface area contributed by atoms with Crippen LogP contribution in [-0.4, -0.2) is 18.7 Å². The number of anilines is 1. The molecule has 1 aliphatic heterocycles. The standard InChI is InChI=1S/C23H18N2O4/c1-2-28-22(27)29-23(15-24)19-12-5-6-13-20(19)25(21(23)26)14-17-10-7-9-16-8-3-4-11-18(16)17/h3-13H,2,14H2,1H3. The third kappa shape index (κ3) is 2.97. The van der Waals surface area contributed by atoms with Crippen LogP contribution in [0.5, 0.6) is 0 Å². The number of carbonyl (C=O) groups is 2. The molecule has 0 fully saturated rings. The van der Waals surface area contributed by atoms with E-state index in [1.165, 1.54) is 4.90 Å². The molecule has 1 aliphatic rings. The lowest BCUT2D eigenvalue weighted by atomic mass is 9.97. The second kappa shape index (κ2) is 7.28. The number of hydrogen-bond acceptors (Lipinski definition) is 5. The quantitative estimate of drug-likeness (QED) is 0.625. The molecule has 29 heavy (non-hydrogen) atoms. The predicted molar refractivity (Wildman–Crippen MR) is 107 cm³/mol. The Labute approximate surface area is 167 Å². The first-order valence-electron chi connectivity index (χ1n) is 9.26. The number of hydrogen-bond donors (Lipinski definition) is 0. The minimum absolute atomic E-state index is 0.0793. The third-order valence-corrected chi connectivity index (χ3v) is 4.98. The molecule has 0 aliphatic carbocycles. The highest BCUT2D eigenvalue weighted by Crippen LogP contribution is 2.43. The first-order chi connectivity index (χ1) is 14.1. The van der Waals surface area contributed by atoms with Gasteiger partial charge in [0.25, 0.3) is 5.91 Å². The molecule has 0 aromatic heterocycles. The predicted octanol–water partition coefficient (Wildman–Crippen LogP) is 4.28. The van der Waals surface area contributed by atoms with Crippen LogP contribution in [0.3, 0.4) is 0 Å². The summed E-state index contributed by atoms with van der Waals surface area (Å²) in [5.41, 5.74) is -0.263. The minimum atomic E-state index is -2.06. The summed E-state index contributed by atoms with van der Waals surface area (Å²) in [7, 11) is 0. The van der Waals surface area contributed by atoms with E-state index in [0.717, 1.165) is 16.3 Å². The Balaban J connectivity index is 1.78. The summed E-state index contributed by atoms with van der Waals surface area (Å²) in [6.45, 7) is 1.94. The topological polar surface area (TPSA) is 79.6 Å². The van der Waals surface area contributed by atoms with Gasteiger partial charge >= 0.3 is 11.8 Å². The van der Waals surface area contributed by atoms with Crippen molar-refractivity contribution in [3.8, 4) is 6.07 Å². The molecule has 3 aromatic rings. The molecular formula is C23H18N2O4. The van der Waals surface area contributed by atoms with Crippen LogP contribution >= 0.6 is 0 Å². The molecule has 0 saturated heterocycles. The average molecular weight is 386 g/mol. The van der Waals surface area contributed by atoms with Gasteiger partial charge in [-0.1, -0.05) is 60.7 Å². The van der Waals surface area contributed by atoms with Crippen molar-refractivity contribution in [1.82, 2.24) is 0 Å². The van der Waals surface area contributed by atoms with Crippen LogP contribution in [0.2, 0.25) is 0 Å². The van der Waals surface area contributed by atoms with Gasteiger partial charge in [0.15, 0.2) is 0 Å². The zero-order valence-electron chi connectivity index (χ0n) is 15.8. The molecule has 3 aromatic carbocycles. The molecule has 1 amide bonds. The highest BCUT2D eigenvalue weighted by molar-refractivity contribution is 6.10. The van der Waals surface area contributed by atoms with Gasteiger partial charge in [-0.15, -0.1) is 0 Å². The maximum absolute atomic E-state index is 13.4. The van der Waals surface area contributed by atoms with E-state index < -0.39 is 17.7 Å². The van der Waals surface area contributed by atoms with E-state index in [1.54, 1.807) is 31.2 Å². The van der Waals surface area contributed by atoms with Crippen LogP contribution in [0.15, 0.2) is 66.7 Å². The monoisotopic (exact) mass is 386 g/mol. The number of carbonyl (C=O) groups excluding carboxylic acids is 2. The number of ether oxygens (including phenoxy) is 2. The molecule has 6 nitrogen and oxygen atoms in total. The molecule has 1 unspecified atom stereocenters. The van der Waals surface area contributed by atoms with Crippen molar-refractivity contribution in [2.24, 2.45) is 0 Å². The Morgan fingerprint density at radius 2 is 1.79 bits per heavy atom. The molecule has 0 bridgehead atoms. The first kappa shape index (κ1) is 18.5. The van der Waals surface area contributed by atoms with Gasteiger partial charge < -0.3 is 14.4 Å². The summed E-state index contributed by atoms with van der Waals surface area (Å²) in [5, 5.41) is 11.9. The fourth-order valence-electron chi connectivity index (χ4n) is 3.68. The normalized spacial score (nSPS) is 17.7. The van der Waals surface area contributed by atoms with Crippen molar-refractivity contribution >= 4 is 28.5 Å².